The Labute approximate surface area is 125 Å². The fourth-order valence-corrected chi connectivity index (χ4v) is 1.70. The lowest BCUT2D eigenvalue weighted by molar-refractivity contribution is -0.152. The molecule has 0 aliphatic heterocycles. The molecule has 1 aromatic carbocycles. The van der Waals surface area contributed by atoms with Crippen LogP contribution in [0.4, 0.5) is 0 Å². The van der Waals surface area contributed by atoms with E-state index in [9.17, 15) is 9.90 Å². The van der Waals surface area contributed by atoms with Gasteiger partial charge in [-0.1, -0.05) is 6.92 Å². The molecule has 0 aromatic heterocycles. The Hall–Kier alpha value is -1.75. The number of methoxy groups -OCH3 is 1. The predicted octanol–water partition coefficient (Wildman–Crippen LogP) is 2.55. The van der Waals surface area contributed by atoms with Gasteiger partial charge < -0.3 is 19.3 Å². The number of hydrogen-bond acceptors (Lipinski definition) is 5. The van der Waals surface area contributed by atoms with Crippen molar-refractivity contribution in [3.63, 3.8) is 0 Å². The first-order valence-electron chi connectivity index (χ1n) is 7.02. The largest absolute Gasteiger partial charge is 0.493 e. The van der Waals surface area contributed by atoms with Crippen LogP contribution in [-0.2, 0) is 16.1 Å². The third-order valence-electron chi connectivity index (χ3n) is 3.01. The topological polar surface area (TPSA) is 65.0 Å². The zero-order chi connectivity index (χ0) is 15.9. The minimum absolute atomic E-state index is 0.137. The number of benzene rings is 1. The lowest BCUT2D eigenvalue weighted by atomic mass is 9.95. The highest BCUT2D eigenvalue weighted by molar-refractivity contribution is 5.75. The van der Waals surface area contributed by atoms with Crippen LogP contribution in [0, 0.1) is 5.41 Å². The maximum atomic E-state index is 11.6. The lowest BCUT2D eigenvalue weighted by Gasteiger charge is -2.22. The molecule has 0 bridgehead atoms. The molecule has 0 saturated heterocycles. The second kappa shape index (κ2) is 7.88. The van der Waals surface area contributed by atoms with Crippen LogP contribution < -0.4 is 9.47 Å². The molecule has 0 spiro atoms. The van der Waals surface area contributed by atoms with Gasteiger partial charge in [0, 0.05) is 11.6 Å². The SMILES string of the molecule is CCCOc1ccc(CO)c(OCC(C)(C)C(=O)OC)c1. The number of rotatable bonds is 8. The highest BCUT2D eigenvalue weighted by atomic mass is 16.5. The maximum absolute atomic E-state index is 11.6. The molecule has 1 N–H and O–H groups in total. The number of ether oxygens (including phenoxy) is 3. The third-order valence-corrected chi connectivity index (χ3v) is 3.01. The molecule has 0 fully saturated rings. The van der Waals surface area contributed by atoms with Gasteiger partial charge in [0.1, 0.15) is 18.1 Å². The van der Waals surface area contributed by atoms with Crippen molar-refractivity contribution >= 4 is 5.97 Å². The molecule has 0 atom stereocenters. The molecule has 0 amide bonds. The van der Waals surface area contributed by atoms with Crippen molar-refractivity contribution in [2.75, 3.05) is 20.3 Å². The lowest BCUT2D eigenvalue weighted by Crippen LogP contribution is -2.32. The van der Waals surface area contributed by atoms with E-state index in [2.05, 4.69) is 0 Å². The second-order valence-electron chi connectivity index (χ2n) is 5.44. The Bertz CT molecular complexity index is 468. The highest BCUT2D eigenvalue weighted by Gasteiger charge is 2.30. The number of aliphatic hydroxyl groups is 1. The molecule has 0 aliphatic rings. The average molecular weight is 296 g/mol. The number of carbonyl (C=O) groups is 1. The van der Waals surface area contributed by atoms with Crippen LogP contribution in [0.5, 0.6) is 11.5 Å². The summed E-state index contributed by atoms with van der Waals surface area (Å²) in [5, 5.41) is 9.36. The fourth-order valence-electron chi connectivity index (χ4n) is 1.70. The maximum Gasteiger partial charge on any atom is 0.314 e. The molecule has 1 aromatic rings. The van der Waals surface area contributed by atoms with Crippen LogP contribution in [-0.4, -0.2) is 31.4 Å². The molecular weight excluding hydrogens is 272 g/mol. The van der Waals surface area contributed by atoms with E-state index < -0.39 is 5.41 Å². The first-order chi connectivity index (χ1) is 9.94. The van der Waals surface area contributed by atoms with Gasteiger partial charge in [-0.2, -0.15) is 0 Å². The summed E-state index contributed by atoms with van der Waals surface area (Å²) in [7, 11) is 1.35. The first kappa shape index (κ1) is 17.3. The van der Waals surface area contributed by atoms with E-state index in [4.69, 9.17) is 14.2 Å². The Morgan fingerprint density at radius 3 is 2.57 bits per heavy atom. The molecule has 5 nitrogen and oxygen atoms in total. The quantitative estimate of drug-likeness (QED) is 0.747. The fraction of sp³-hybridized carbons (Fsp3) is 0.562. The number of aliphatic hydroxyl groups excluding tert-OH is 1. The summed E-state index contributed by atoms with van der Waals surface area (Å²) in [6.07, 6.45) is 0.910. The van der Waals surface area contributed by atoms with Crippen molar-refractivity contribution in [2.24, 2.45) is 5.41 Å². The summed E-state index contributed by atoms with van der Waals surface area (Å²) in [5.41, 5.74) is -0.110. The molecule has 0 saturated carbocycles. The molecule has 0 heterocycles. The minimum atomic E-state index is -0.762. The Kier molecular flexibility index (Phi) is 6.49. The minimum Gasteiger partial charge on any atom is -0.493 e. The van der Waals surface area contributed by atoms with E-state index in [0.717, 1.165) is 6.42 Å². The molecule has 0 unspecified atom stereocenters. The highest BCUT2D eigenvalue weighted by Crippen LogP contribution is 2.27. The predicted molar refractivity (Wildman–Crippen MR) is 79.4 cm³/mol. The van der Waals surface area contributed by atoms with E-state index in [0.29, 0.717) is 23.7 Å². The van der Waals surface area contributed by atoms with E-state index in [-0.39, 0.29) is 19.2 Å². The third kappa shape index (κ3) is 4.93. The van der Waals surface area contributed by atoms with Crippen molar-refractivity contribution in [1.29, 1.82) is 0 Å². The van der Waals surface area contributed by atoms with Gasteiger partial charge >= 0.3 is 5.97 Å². The Balaban J connectivity index is 2.82. The Morgan fingerprint density at radius 1 is 1.29 bits per heavy atom. The van der Waals surface area contributed by atoms with Crippen LogP contribution >= 0.6 is 0 Å². The van der Waals surface area contributed by atoms with Crippen molar-refractivity contribution in [3.05, 3.63) is 23.8 Å². The normalized spacial score (nSPS) is 11.1. The summed E-state index contributed by atoms with van der Waals surface area (Å²) in [5.74, 6) is 0.856. The molecular formula is C16H24O5. The van der Waals surface area contributed by atoms with E-state index in [1.54, 1.807) is 32.0 Å². The van der Waals surface area contributed by atoms with Gasteiger partial charge in [0.2, 0.25) is 0 Å². The van der Waals surface area contributed by atoms with Crippen molar-refractivity contribution < 1.29 is 24.1 Å². The van der Waals surface area contributed by atoms with E-state index in [1.165, 1.54) is 7.11 Å². The number of esters is 1. The van der Waals surface area contributed by atoms with Crippen molar-refractivity contribution in [2.45, 2.75) is 33.8 Å². The van der Waals surface area contributed by atoms with Crippen molar-refractivity contribution in [3.8, 4) is 11.5 Å². The summed E-state index contributed by atoms with van der Waals surface area (Å²) in [6, 6.07) is 5.28. The average Bonchev–Trinajstić information content (AvgIpc) is 2.50. The number of carbonyl (C=O) groups excluding carboxylic acids is 1. The molecule has 1 rings (SSSR count). The van der Waals surface area contributed by atoms with E-state index >= 15 is 0 Å². The van der Waals surface area contributed by atoms with E-state index in [1.807, 2.05) is 6.92 Å². The zero-order valence-electron chi connectivity index (χ0n) is 13.1. The molecule has 0 aliphatic carbocycles. The first-order valence-corrected chi connectivity index (χ1v) is 7.02. The summed E-state index contributed by atoms with van der Waals surface area (Å²) in [4.78, 5) is 11.6. The van der Waals surface area contributed by atoms with Gasteiger partial charge in [-0.15, -0.1) is 0 Å². The molecule has 21 heavy (non-hydrogen) atoms. The zero-order valence-corrected chi connectivity index (χ0v) is 13.1. The van der Waals surface area contributed by atoms with Crippen LogP contribution in [0.15, 0.2) is 18.2 Å². The molecule has 118 valence electrons. The molecule has 5 heteroatoms. The van der Waals surface area contributed by atoms with Gasteiger partial charge in [0.15, 0.2) is 0 Å². The van der Waals surface area contributed by atoms with Gasteiger partial charge in [-0.25, -0.2) is 0 Å². The van der Waals surface area contributed by atoms with Gasteiger partial charge in [0.25, 0.3) is 0 Å². The van der Waals surface area contributed by atoms with Crippen LogP contribution in [0.1, 0.15) is 32.8 Å². The van der Waals surface area contributed by atoms with Gasteiger partial charge in [-0.05, 0) is 32.4 Å². The Morgan fingerprint density at radius 2 is 2.00 bits per heavy atom. The molecule has 0 radical (unpaired) electrons. The summed E-state index contributed by atoms with van der Waals surface area (Å²) < 4.78 is 16.0. The summed E-state index contributed by atoms with van der Waals surface area (Å²) in [6.45, 7) is 6.15. The van der Waals surface area contributed by atoms with Crippen molar-refractivity contribution in [1.82, 2.24) is 0 Å². The number of hydrogen-bond donors (Lipinski definition) is 1. The summed E-state index contributed by atoms with van der Waals surface area (Å²) >= 11 is 0. The second-order valence-corrected chi connectivity index (χ2v) is 5.44. The standard InChI is InChI=1S/C16H24O5/c1-5-8-20-13-7-6-12(10-17)14(9-13)21-11-16(2,3)15(18)19-4/h6-7,9,17H,5,8,10-11H2,1-4H3. The van der Waals surface area contributed by atoms with Crippen LogP contribution in [0.3, 0.4) is 0 Å². The monoisotopic (exact) mass is 296 g/mol. The smallest absolute Gasteiger partial charge is 0.314 e. The van der Waals surface area contributed by atoms with Crippen LogP contribution in [0.2, 0.25) is 0 Å². The van der Waals surface area contributed by atoms with Gasteiger partial charge in [-0.3, -0.25) is 4.79 Å². The van der Waals surface area contributed by atoms with Crippen LogP contribution in [0.25, 0.3) is 0 Å². The van der Waals surface area contributed by atoms with Gasteiger partial charge in [0.05, 0.1) is 25.7 Å².